The van der Waals surface area contributed by atoms with E-state index in [0.29, 0.717) is 40.8 Å². The zero-order chi connectivity index (χ0) is 35.0. The third-order valence-electron chi connectivity index (χ3n) is 8.26. The molecule has 0 saturated heterocycles. The van der Waals surface area contributed by atoms with Crippen LogP contribution in [0.25, 0.3) is 11.0 Å². The fraction of sp³-hybridized carbons (Fsp3) is 0.237. The molecule has 50 heavy (non-hydrogen) atoms. The van der Waals surface area contributed by atoms with Gasteiger partial charge in [-0.15, -0.1) is 0 Å². The van der Waals surface area contributed by atoms with Crippen LogP contribution in [0, 0.1) is 5.82 Å². The molecule has 0 unspecified atom stereocenters. The van der Waals surface area contributed by atoms with Crippen molar-refractivity contribution in [1.29, 1.82) is 0 Å². The molecule has 0 aliphatic rings. The first-order valence-corrected chi connectivity index (χ1v) is 17.3. The molecule has 12 heteroatoms. The van der Waals surface area contributed by atoms with Crippen LogP contribution in [0.1, 0.15) is 48.9 Å². The Kier molecular flexibility index (Phi) is 10.8. The van der Waals surface area contributed by atoms with E-state index in [1.807, 2.05) is 78.3 Å². The lowest BCUT2D eigenvalue weighted by atomic mass is 10.1. The number of aryl methyl sites for hydroxylation is 1. The number of hydrogen-bond donors (Lipinski definition) is 3. The van der Waals surface area contributed by atoms with E-state index in [1.54, 1.807) is 17.0 Å². The highest BCUT2D eigenvalue weighted by Gasteiger charge is 2.17. The Morgan fingerprint density at radius 2 is 1.68 bits per heavy atom. The van der Waals surface area contributed by atoms with Crippen LogP contribution < -0.4 is 24.6 Å². The Morgan fingerprint density at radius 1 is 0.960 bits per heavy atom. The summed E-state index contributed by atoms with van der Waals surface area (Å²) in [6.07, 6.45) is 4.52. The number of H-pyrrole nitrogens is 1. The van der Waals surface area contributed by atoms with Crippen molar-refractivity contribution in [3.05, 3.63) is 123 Å². The molecule has 2 heterocycles. The molecule has 0 aliphatic carbocycles. The number of thiazole rings is 1. The molecule has 0 spiro atoms. The van der Waals surface area contributed by atoms with Crippen LogP contribution >= 0.6 is 11.3 Å². The number of nitrogens with one attached hydrogen (secondary N) is 2. The first-order chi connectivity index (χ1) is 24.2. The number of fused-ring (bicyclic) bond motifs is 1. The van der Waals surface area contributed by atoms with Crippen molar-refractivity contribution in [1.82, 2.24) is 14.5 Å². The standard InChI is InChI=1S/C38H38FN5O5S/c1-3-4-5-6-21-44(37(46)40-27-11-9-26(39)10-12-27)28-13-17-30(18-14-28)49-31-19-20-32-33(23-31)43(2)35(41-32)24-48-29-15-7-25(8-16-29)22-34-36(45)42-38(47)50-34/h7-20,23,45H,3-6,21-22,24H2,1-2H3,(H,40,46)(H,42,47). The summed E-state index contributed by atoms with van der Waals surface area (Å²) in [6, 6.07) is 26.0. The first kappa shape index (κ1) is 34.3. The number of carbonyl (C=O) groups excluding carboxylic acids is 1. The number of aromatic hydroxyl groups is 1. The minimum absolute atomic E-state index is 0.0877. The summed E-state index contributed by atoms with van der Waals surface area (Å²) < 4.78 is 27.6. The molecule has 258 valence electrons. The van der Waals surface area contributed by atoms with Crippen molar-refractivity contribution in [2.75, 3.05) is 16.8 Å². The van der Waals surface area contributed by atoms with Crippen LogP contribution in [0.2, 0.25) is 0 Å². The van der Waals surface area contributed by atoms with E-state index in [-0.39, 0.29) is 29.2 Å². The van der Waals surface area contributed by atoms with Crippen LogP contribution in [0.3, 0.4) is 0 Å². The Hall–Kier alpha value is -5.62. The maximum atomic E-state index is 13.4. The molecule has 0 fully saturated rings. The summed E-state index contributed by atoms with van der Waals surface area (Å²) in [5.74, 6) is 2.22. The monoisotopic (exact) mass is 695 g/mol. The van der Waals surface area contributed by atoms with Gasteiger partial charge in [0.15, 0.2) is 0 Å². The number of urea groups is 1. The van der Waals surface area contributed by atoms with Gasteiger partial charge >= 0.3 is 10.9 Å². The van der Waals surface area contributed by atoms with E-state index in [9.17, 15) is 19.1 Å². The van der Waals surface area contributed by atoms with Gasteiger partial charge in [0.05, 0.1) is 15.9 Å². The maximum absolute atomic E-state index is 13.4. The topological polar surface area (TPSA) is 122 Å². The minimum atomic E-state index is -0.360. The van der Waals surface area contributed by atoms with Gasteiger partial charge in [-0.25, -0.2) is 14.2 Å². The summed E-state index contributed by atoms with van der Waals surface area (Å²) in [5.41, 5.74) is 3.89. The van der Waals surface area contributed by atoms with E-state index >= 15 is 0 Å². The highest BCUT2D eigenvalue weighted by atomic mass is 32.1. The fourth-order valence-electron chi connectivity index (χ4n) is 5.52. The molecule has 3 N–H and O–H groups in total. The van der Waals surface area contributed by atoms with Gasteiger partial charge in [0, 0.05) is 37.5 Å². The number of hydrogen-bond acceptors (Lipinski definition) is 7. The molecular weight excluding hydrogens is 658 g/mol. The van der Waals surface area contributed by atoms with Gasteiger partial charge in [-0.3, -0.25) is 14.7 Å². The van der Waals surface area contributed by atoms with Gasteiger partial charge in [-0.2, -0.15) is 0 Å². The predicted molar refractivity (Wildman–Crippen MR) is 194 cm³/mol. The number of unbranched alkanes of at least 4 members (excludes halogenated alkanes) is 3. The lowest BCUT2D eigenvalue weighted by Crippen LogP contribution is -2.35. The summed E-state index contributed by atoms with van der Waals surface area (Å²) in [7, 11) is 1.93. The zero-order valence-corrected chi connectivity index (χ0v) is 28.6. The van der Waals surface area contributed by atoms with Crippen molar-refractivity contribution in [3.63, 3.8) is 0 Å². The molecule has 10 nitrogen and oxygen atoms in total. The normalized spacial score (nSPS) is 11.1. The summed E-state index contributed by atoms with van der Waals surface area (Å²) in [5, 5.41) is 12.7. The molecule has 2 aromatic heterocycles. The number of nitrogens with zero attached hydrogens (tertiary/aromatic N) is 3. The van der Waals surface area contributed by atoms with Gasteiger partial charge in [-0.05, 0) is 84.8 Å². The number of halogens is 1. The minimum Gasteiger partial charge on any atom is -0.494 e. The van der Waals surface area contributed by atoms with E-state index in [2.05, 4.69) is 17.2 Å². The Bertz CT molecular complexity index is 2110. The van der Waals surface area contributed by atoms with Gasteiger partial charge in [0.2, 0.25) is 5.88 Å². The number of ether oxygens (including phenoxy) is 2. The van der Waals surface area contributed by atoms with E-state index < -0.39 is 0 Å². The van der Waals surface area contributed by atoms with Crippen molar-refractivity contribution >= 4 is 39.8 Å². The van der Waals surface area contributed by atoms with Gasteiger partial charge < -0.3 is 24.5 Å². The second-order valence-corrected chi connectivity index (χ2v) is 12.9. The van der Waals surface area contributed by atoms with Gasteiger partial charge in [0.1, 0.15) is 35.5 Å². The highest BCUT2D eigenvalue weighted by molar-refractivity contribution is 7.09. The SMILES string of the molecule is CCCCCCN(C(=O)Nc1ccc(F)cc1)c1ccc(Oc2ccc3nc(COc4ccc(Cc5sc(=O)[nH]c5O)cc4)n(C)c3c2)cc1. The van der Waals surface area contributed by atoms with Crippen LogP contribution in [0.15, 0.2) is 95.8 Å². The second kappa shape index (κ2) is 15.7. The average molecular weight is 696 g/mol. The van der Waals surface area contributed by atoms with Crippen LogP contribution in [-0.4, -0.2) is 32.2 Å². The number of anilines is 2. The average Bonchev–Trinajstić information content (AvgIpc) is 3.61. The third kappa shape index (κ3) is 8.50. The maximum Gasteiger partial charge on any atom is 0.326 e. The number of aromatic amines is 1. The predicted octanol–water partition coefficient (Wildman–Crippen LogP) is 8.75. The Labute approximate surface area is 292 Å². The van der Waals surface area contributed by atoms with E-state index in [1.165, 1.54) is 12.1 Å². The number of imidazole rings is 1. The third-order valence-corrected chi connectivity index (χ3v) is 9.13. The lowest BCUT2D eigenvalue weighted by molar-refractivity contribution is 0.256. The number of carbonyl (C=O) groups is 1. The number of amides is 2. The molecule has 2 amide bonds. The largest absolute Gasteiger partial charge is 0.494 e. The molecule has 0 aliphatic heterocycles. The molecule has 6 rings (SSSR count). The lowest BCUT2D eigenvalue weighted by Gasteiger charge is -2.23. The molecule has 6 aromatic rings. The van der Waals surface area contributed by atoms with E-state index in [0.717, 1.165) is 65.1 Å². The molecule has 0 saturated carbocycles. The first-order valence-electron chi connectivity index (χ1n) is 16.5. The number of rotatable bonds is 14. The van der Waals surface area contributed by atoms with Crippen molar-refractivity contribution in [2.45, 2.75) is 45.6 Å². The van der Waals surface area contributed by atoms with E-state index in [4.69, 9.17) is 14.5 Å². The summed E-state index contributed by atoms with van der Waals surface area (Å²) >= 11 is 0.996. The molecule has 4 aromatic carbocycles. The van der Waals surface area contributed by atoms with Crippen molar-refractivity contribution in [2.24, 2.45) is 7.05 Å². The van der Waals surface area contributed by atoms with Crippen LogP contribution in [0.5, 0.6) is 23.1 Å². The van der Waals surface area contributed by atoms with Crippen molar-refractivity contribution in [3.8, 4) is 23.1 Å². The Morgan fingerprint density at radius 3 is 2.38 bits per heavy atom. The molecule has 0 atom stereocenters. The molecule has 0 radical (unpaired) electrons. The number of aromatic nitrogens is 3. The second-order valence-electron chi connectivity index (χ2n) is 11.9. The summed E-state index contributed by atoms with van der Waals surface area (Å²) in [6.45, 7) is 2.95. The molecular formula is C38H38FN5O5S. The van der Waals surface area contributed by atoms with Crippen LogP contribution in [-0.2, 0) is 20.1 Å². The smallest absolute Gasteiger partial charge is 0.326 e. The van der Waals surface area contributed by atoms with Crippen LogP contribution in [0.4, 0.5) is 20.6 Å². The quantitative estimate of drug-likeness (QED) is 0.0980. The highest BCUT2D eigenvalue weighted by Crippen LogP contribution is 2.29. The fourth-order valence-corrected chi connectivity index (χ4v) is 6.28. The number of benzene rings is 4. The molecule has 0 bridgehead atoms. The van der Waals surface area contributed by atoms with Gasteiger partial charge in [-0.1, -0.05) is 49.7 Å². The zero-order valence-electron chi connectivity index (χ0n) is 27.8. The van der Waals surface area contributed by atoms with Crippen molar-refractivity contribution < 1.29 is 23.8 Å². The Balaban J connectivity index is 1.09. The van der Waals surface area contributed by atoms with Gasteiger partial charge in [0.25, 0.3) is 0 Å². The summed E-state index contributed by atoms with van der Waals surface area (Å²) in [4.78, 5) is 33.9.